The average Bonchev–Trinajstić information content (AvgIpc) is 3.22. The molecule has 0 N–H and O–H groups in total. The molecule has 0 radical (unpaired) electrons. The second-order valence-electron chi connectivity index (χ2n) is 10.6. The molecule has 2 fully saturated rings. The summed E-state index contributed by atoms with van der Waals surface area (Å²) in [7, 11) is 1.19. The van der Waals surface area contributed by atoms with Crippen molar-refractivity contribution in [3.05, 3.63) is 93.1 Å². The van der Waals surface area contributed by atoms with Gasteiger partial charge in [0.2, 0.25) is 5.91 Å². The molecule has 1 aliphatic heterocycles. The maximum atomic E-state index is 15.2. The maximum Gasteiger partial charge on any atom is 0.340 e. The van der Waals surface area contributed by atoms with Gasteiger partial charge in [-0.3, -0.25) is 13.9 Å². The molecular weight excluding hydrogens is 547 g/mol. The van der Waals surface area contributed by atoms with E-state index in [1.54, 1.807) is 34.9 Å². The molecular formula is C31H30ClFN4O4. The molecule has 10 heteroatoms. The summed E-state index contributed by atoms with van der Waals surface area (Å²) in [6.45, 7) is 2.83. The molecule has 0 unspecified atom stereocenters. The van der Waals surface area contributed by atoms with E-state index in [-0.39, 0.29) is 35.2 Å². The minimum atomic E-state index is -0.780. The molecule has 0 spiro atoms. The number of halogens is 2. The average molecular weight is 577 g/mol. The lowest BCUT2D eigenvalue weighted by atomic mass is 9.84. The molecule has 4 aromatic rings. The normalized spacial score (nSPS) is 15.7. The standard InChI is InChI=1S/C31H30ClFN4O4/c1-41-30(39)25-7-3-6-21(28(25)33)19-36-26-13-8-22(32)18-27(26)37(31(36)40)24-11-9-23(10-12-24)34-14-16-35(17-15-34)29(38)20-4-2-5-20/h3,6-13,18,20H,2,4-5,14-17,19H2,1H3. The molecule has 1 saturated heterocycles. The lowest BCUT2D eigenvalue weighted by molar-refractivity contribution is -0.138. The van der Waals surface area contributed by atoms with Gasteiger partial charge < -0.3 is 14.5 Å². The van der Waals surface area contributed by atoms with Crippen LogP contribution in [0.1, 0.15) is 35.2 Å². The number of nitrogens with zero attached hydrogens (tertiary/aromatic N) is 4. The lowest BCUT2D eigenvalue weighted by Crippen LogP contribution is -2.51. The summed E-state index contributed by atoms with van der Waals surface area (Å²) in [5.74, 6) is -1.00. The van der Waals surface area contributed by atoms with Crippen LogP contribution in [0.15, 0.2) is 65.5 Å². The van der Waals surface area contributed by atoms with Crippen molar-refractivity contribution in [1.82, 2.24) is 14.0 Å². The number of aromatic nitrogens is 2. The highest BCUT2D eigenvalue weighted by Gasteiger charge is 2.31. The number of amides is 1. The largest absolute Gasteiger partial charge is 0.465 e. The van der Waals surface area contributed by atoms with Gasteiger partial charge in [-0.1, -0.05) is 30.2 Å². The number of hydrogen-bond donors (Lipinski definition) is 0. The Morgan fingerprint density at radius 1 is 0.951 bits per heavy atom. The van der Waals surface area contributed by atoms with Gasteiger partial charge in [-0.05, 0) is 61.4 Å². The van der Waals surface area contributed by atoms with Crippen LogP contribution in [0.4, 0.5) is 10.1 Å². The molecule has 41 heavy (non-hydrogen) atoms. The molecule has 1 aromatic heterocycles. The van der Waals surface area contributed by atoms with Gasteiger partial charge in [0, 0.05) is 48.4 Å². The Balaban J connectivity index is 1.28. The Bertz CT molecular complexity index is 1690. The summed E-state index contributed by atoms with van der Waals surface area (Å²) in [6, 6.07) is 17.3. The van der Waals surface area contributed by atoms with Gasteiger partial charge in [0.1, 0.15) is 5.82 Å². The lowest BCUT2D eigenvalue weighted by Gasteiger charge is -2.39. The third-order valence-electron chi connectivity index (χ3n) is 8.22. The van der Waals surface area contributed by atoms with Crippen molar-refractivity contribution in [3.8, 4) is 5.69 Å². The Kier molecular flexibility index (Phi) is 7.30. The Labute approximate surface area is 241 Å². The van der Waals surface area contributed by atoms with Crippen molar-refractivity contribution in [2.24, 2.45) is 5.92 Å². The Morgan fingerprint density at radius 3 is 2.32 bits per heavy atom. The minimum absolute atomic E-state index is 0.0808. The Morgan fingerprint density at radius 2 is 1.66 bits per heavy atom. The Hall–Kier alpha value is -4.11. The van der Waals surface area contributed by atoms with Crippen LogP contribution in [0.2, 0.25) is 5.02 Å². The number of rotatable bonds is 6. The van der Waals surface area contributed by atoms with E-state index in [1.807, 2.05) is 29.2 Å². The van der Waals surface area contributed by atoms with Crippen molar-refractivity contribution in [1.29, 1.82) is 0 Å². The van der Waals surface area contributed by atoms with Gasteiger partial charge in [-0.2, -0.15) is 0 Å². The van der Waals surface area contributed by atoms with Crippen LogP contribution in [0, 0.1) is 11.7 Å². The van der Waals surface area contributed by atoms with Crippen molar-refractivity contribution < 1.29 is 18.7 Å². The second kappa shape index (κ2) is 11.0. The maximum absolute atomic E-state index is 15.2. The van der Waals surface area contributed by atoms with E-state index in [1.165, 1.54) is 17.7 Å². The first-order valence-electron chi connectivity index (χ1n) is 13.8. The summed E-state index contributed by atoms with van der Waals surface area (Å²) in [5.41, 5.74) is 2.47. The van der Waals surface area contributed by atoms with Crippen molar-refractivity contribution >= 4 is 40.2 Å². The third kappa shape index (κ3) is 4.99. The van der Waals surface area contributed by atoms with E-state index in [0.717, 1.165) is 38.0 Å². The van der Waals surface area contributed by atoms with Gasteiger partial charge in [0.25, 0.3) is 0 Å². The van der Waals surface area contributed by atoms with E-state index < -0.39 is 11.8 Å². The van der Waals surface area contributed by atoms with Crippen molar-refractivity contribution in [2.75, 3.05) is 38.2 Å². The molecule has 0 atom stereocenters. The van der Waals surface area contributed by atoms with Crippen LogP contribution in [-0.2, 0) is 16.1 Å². The fraction of sp³-hybridized carbons (Fsp3) is 0.323. The predicted octanol–water partition coefficient (Wildman–Crippen LogP) is 4.87. The second-order valence-corrected chi connectivity index (χ2v) is 11.0. The smallest absolute Gasteiger partial charge is 0.340 e. The van der Waals surface area contributed by atoms with Crippen LogP contribution in [0.25, 0.3) is 16.7 Å². The number of anilines is 1. The highest BCUT2D eigenvalue weighted by molar-refractivity contribution is 6.31. The minimum Gasteiger partial charge on any atom is -0.465 e. The zero-order valence-electron chi connectivity index (χ0n) is 22.7. The molecule has 1 amide bonds. The molecule has 0 bridgehead atoms. The number of esters is 1. The molecule has 6 rings (SSSR count). The van der Waals surface area contributed by atoms with E-state index in [2.05, 4.69) is 9.64 Å². The first-order chi connectivity index (χ1) is 19.9. The highest BCUT2D eigenvalue weighted by atomic mass is 35.5. The SMILES string of the molecule is COC(=O)c1cccc(Cn2c(=O)n(-c3ccc(N4CCN(C(=O)C5CCC5)CC4)cc3)c3cc(Cl)ccc32)c1F. The number of hydrogen-bond acceptors (Lipinski definition) is 5. The number of methoxy groups -OCH3 is 1. The number of piperazine rings is 1. The van der Waals surface area contributed by atoms with Gasteiger partial charge in [-0.25, -0.2) is 14.0 Å². The van der Waals surface area contributed by atoms with Crippen LogP contribution >= 0.6 is 11.6 Å². The van der Waals surface area contributed by atoms with Crippen LogP contribution < -0.4 is 10.6 Å². The number of imidazole rings is 1. The van der Waals surface area contributed by atoms with Crippen LogP contribution in [0.3, 0.4) is 0 Å². The molecule has 3 aromatic carbocycles. The molecule has 8 nitrogen and oxygen atoms in total. The van der Waals surface area contributed by atoms with Gasteiger partial charge in [-0.15, -0.1) is 0 Å². The topological polar surface area (TPSA) is 76.8 Å². The molecule has 212 valence electrons. The summed E-state index contributed by atoms with van der Waals surface area (Å²) in [5, 5.41) is 0.466. The van der Waals surface area contributed by atoms with E-state index in [4.69, 9.17) is 11.6 Å². The summed E-state index contributed by atoms with van der Waals surface area (Å²) in [6.07, 6.45) is 3.17. The first-order valence-corrected chi connectivity index (χ1v) is 14.1. The zero-order chi connectivity index (χ0) is 28.7. The first kappa shape index (κ1) is 27.1. The summed E-state index contributed by atoms with van der Waals surface area (Å²) < 4.78 is 22.9. The molecule has 2 aliphatic rings. The van der Waals surface area contributed by atoms with E-state index >= 15 is 4.39 Å². The number of ether oxygens (including phenoxy) is 1. The van der Waals surface area contributed by atoms with Gasteiger partial charge >= 0.3 is 11.7 Å². The monoisotopic (exact) mass is 576 g/mol. The molecule has 1 saturated carbocycles. The van der Waals surface area contributed by atoms with Gasteiger partial charge in [0.15, 0.2) is 0 Å². The molecule has 1 aliphatic carbocycles. The number of carbonyl (C=O) groups excluding carboxylic acids is 2. The fourth-order valence-electron chi connectivity index (χ4n) is 5.68. The predicted molar refractivity (Wildman–Crippen MR) is 156 cm³/mol. The van der Waals surface area contributed by atoms with E-state index in [0.29, 0.717) is 34.8 Å². The van der Waals surface area contributed by atoms with Crippen LogP contribution in [-0.4, -0.2) is 59.2 Å². The number of fused-ring (bicyclic) bond motifs is 1. The summed E-state index contributed by atoms with van der Waals surface area (Å²) in [4.78, 5) is 42.6. The number of carbonyl (C=O) groups is 2. The van der Waals surface area contributed by atoms with Crippen LogP contribution in [0.5, 0.6) is 0 Å². The fourth-order valence-corrected chi connectivity index (χ4v) is 5.85. The highest BCUT2D eigenvalue weighted by Crippen LogP contribution is 2.29. The quantitative estimate of drug-likeness (QED) is 0.306. The van der Waals surface area contributed by atoms with Crippen molar-refractivity contribution in [2.45, 2.75) is 25.8 Å². The molecule has 2 heterocycles. The van der Waals surface area contributed by atoms with Gasteiger partial charge in [0.05, 0.1) is 35.9 Å². The number of benzene rings is 3. The van der Waals surface area contributed by atoms with E-state index in [9.17, 15) is 14.4 Å². The zero-order valence-corrected chi connectivity index (χ0v) is 23.4. The third-order valence-corrected chi connectivity index (χ3v) is 8.46. The van der Waals surface area contributed by atoms with Crippen molar-refractivity contribution in [3.63, 3.8) is 0 Å². The summed E-state index contributed by atoms with van der Waals surface area (Å²) >= 11 is 6.32.